The van der Waals surface area contributed by atoms with E-state index in [1.807, 2.05) is 37.3 Å². The molecular formula is C27H29ClN4O3. The van der Waals surface area contributed by atoms with E-state index in [1.165, 1.54) is 0 Å². The number of aromatic nitrogens is 2. The molecule has 1 amide bonds. The van der Waals surface area contributed by atoms with E-state index >= 15 is 0 Å². The first kappa shape index (κ1) is 23.4. The molecule has 0 bridgehead atoms. The highest BCUT2D eigenvalue weighted by atomic mass is 35.5. The predicted molar refractivity (Wildman–Crippen MR) is 137 cm³/mol. The maximum Gasteiger partial charge on any atom is 0.297 e. The molecule has 1 heterocycles. The molecule has 2 aliphatic rings. The molecule has 5 rings (SSSR count). The van der Waals surface area contributed by atoms with Crippen molar-refractivity contribution in [2.75, 3.05) is 17.8 Å². The molecule has 35 heavy (non-hydrogen) atoms. The molecule has 1 aromatic heterocycles. The van der Waals surface area contributed by atoms with Crippen LogP contribution >= 0.6 is 11.6 Å². The first-order valence-electron chi connectivity index (χ1n) is 12.1. The molecule has 2 fully saturated rings. The zero-order valence-electron chi connectivity index (χ0n) is 19.7. The minimum atomic E-state index is -0.435. The van der Waals surface area contributed by atoms with Crippen molar-refractivity contribution in [1.82, 2.24) is 14.9 Å². The molecule has 3 aromatic rings. The normalized spacial score (nSPS) is 16.3. The lowest BCUT2D eigenvalue weighted by atomic mass is 9.71. The van der Waals surface area contributed by atoms with Gasteiger partial charge in [0.05, 0.1) is 17.1 Å². The quantitative estimate of drug-likeness (QED) is 0.428. The van der Waals surface area contributed by atoms with Crippen LogP contribution in [0.15, 0.2) is 59.7 Å². The van der Waals surface area contributed by atoms with Gasteiger partial charge in [-0.1, -0.05) is 24.3 Å². The first-order chi connectivity index (χ1) is 17.0. The number of rotatable bonds is 9. The van der Waals surface area contributed by atoms with E-state index < -0.39 is 5.54 Å². The average Bonchev–Trinajstić information content (AvgIpc) is 3.66. The molecule has 2 saturated carbocycles. The summed E-state index contributed by atoms with van der Waals surface area (Å²) in [6, 6.07) is 13.6. The maximum atomic E-state index is 13.6. The Hall–Kier alpha value is -3.32. The van der Waals surface area contributed by atoms with Gasteiger partial charge in [-0.3, -0.25) is 14.2 Å². The molecule has 0 atom stereocenters. The maximum absolute atomic E-state index is 13.6. The van der Waals surface area contributed by atoms with Crippen LogP contribution in [0.3, 0.4) is 0 Å². The van der Waals surface area contributed by atoms with E-state index in [0.29, 0.717) is 23.7 Å². The van der Waals surface area contributed by atoms with Gasteiger partial charge in [-0.25, -0.2) is 4.98 Å². The Morgan fingerprint density at radius 2 is 2.03 bits per heavy atom. The zero-order chi connectivity index (χ0) is 24.4. The lowest BCUT2D eigenvalue weighted by molar-refractivity contribution is 0.0951. The number of nitrogens with zero attached hydrogens (tertiary/aromatic N) is 2. The van der Waals surface area contributed by atoms with Crippen LogP contribution in [0.5, 0.6) is 5.75 Å². The SMILES string of the molecule is Cc1ccc(C(=O)NC2CC2)cc1-n1ccnc(NC2(c3ccccc3OCCCl)CCC2)c1=O. The van der Waals surface area contributed by atoms with E-state index in [2.05, 4.69) is 15.6 Å². The highest BCUT2D eigenvalue weighted by molar-refractivity contribution is 6.18. The van der Waals surface area contributed by atoms with Crippen LogP contribution < -0.4 is 20.9 Å². The van der Waals surface area contributed by atoms with Crippen LogP contribution in [0, 0.1) is 6.92 Å². The topological polar surface area (TPSA) is 85.2 Å². The van der Waals surface area contributed by atoms with Crippen LogP contribution in [0.1, 0.15) is 53.6 Å². The fraction of sp³-hybridized carbons (Fsp3) is 0.370. The van der Waals surface area contributed by atoms with Crippen molar-refractivity contribution in [3.8, 4) is 11.4 Å². The Balaban J connectivity index is 1.48. The predicted octanol–water partition coefficient (Wildman–Crippen LogP) is 4.54. The van der Waals surface area contributed by atoms with Crippen molar-refractivity contribution in [1.29, 1.82) is 0 Å². The highest BCUT2D eigenvalue weighted by Crippen LogP contribution is 2.46. The molecule has 2 N–H and O–H groups in total. The summed E-state index contributed by atoms with van der Waals surface area (Å²) in [5.41, 5.74) is 2.40. The summed E-state index contributed by atoms with van der Waals surface area (Å²) in [5, 5.41) is 6.47. The van der Waals surface area contributed by atoms with Crippen LogP contribution in [-0.4, -0.2) is 34.0 Å². The lowest BCUT2D eigenvalue weighted by Crippen LogP contribution is -2.44. The number of para-hydroxylation sites is 1. The molecule has 182 valence electrons. The molecule has 0 unspecified atom stereocenters. The number of benzene rings is 2. The summed E-state index contributed by atoms with van der Waals surface area (Å²) >= 11 is 5.84. The van der Waals surface area contributed by atoms with Crippen molar-refractivity contribution in [3.05, 3.63) is 81.9 Å². The smallest absolute Gasteiger partial charge is 0.297 e. The second-order valence-electron chi connectivity index (χ2n) is 9.29. The number of halogens is 1. The van der Waals surface area contributed by atoms with Crippen LogP contribution in [-0.2, 0) is 5.54 Å². The van der Waals surface area contributed by atoms with E-state index in [4.69, 9.17) is 16.3 Å². The van der Waals surface area contributed by atoms with Crippen molar-refractivity contribution < 1.29 is 9.53 Å². The minimum Gasteiger partial charge on any atom is -0.492 e. The Morgan fingerprint density at radius 1 is 1.23 bits per heavy atom. The number of alkyl halides is 1. The number of anilines is 1. The van der Waals surface area contributed by atoms with Gasteiger partial charge in [0.25, 0.3) is 11.5 Å². The monoisotopic (exact) mass is 492 g/mol. The molecule has 8 heteroatoms. The van der Waals surface area contributed by atoms with Crippen LogP contribution in [0.25, 0.3) is 5.69 Å². The third-order valence-corrected chi connectivity index (χ3v) is 6.94. The minimum absolute atomic E-state index is 0.115. The van der Waals surface area contributed by atoms with Crippen LogP contribution in [0.2, 0.25) is 0 Å². The van der Waals surface area contributed by atoms with Gasteiger partial charge in [-0.2, -0.15) is 0 Å². The van der Waals surface area contributed by atoms with E-state index in [-0.39, 0.29) is 23.3 Å². The molecule has 0 aliphatic heterocycles. The Bertz CT molecular complexity index is 1300. The summed E-state index contributed by atoms with van der Waals surface area (Å²) in [6.07, 6.45) is 8.05. The van der Waals surface area contributed by atoms with Crippen molar-refractivity contribution in [3.63, 3.8) is 0 Å². The molecule has 0 spiro atoms. The lowest BCUT2D eigenvalue weighted by Gasteiger charge is -2.44. The third kappa shape index (κ3) is 4.78. The molecule has 7 nitrogen and oxygen atoms in total. The number of hydrogen-bond acceptors (Lipinski definition) is 5. The number of hydrogen-bond donors (Lipinski definition) is 2. The Kier molecular flexibility index (Phi) is 6.52. The molecule has 0 radical (unpaired) electrons. The fourth-order valence-electron chi connectivity index (χ4n) is 4.55. The summed E-state index contributed by atoms with van der Waals surface area (Å²) in [6.45, 7) is 2.34. The summed E-state index contributed by atoms with van der Waals surface area (Å²) in [7, 11) is 0. The van der Waals surface area contributed by atoms with Crippen LogP contribution in [0.4, 0.5) is 5.82 Å². The van der Waals surface area contributed by atoms with Gasteiger partial charge in [0.2, 0.25) is 0 Å². The second kappa shape index (κ2) is 9.74. The number of carbonyl (C=O) groups is 1. The van der Waals surface area contributed by atoms with Gasteiger partial charge in [0.1, 0.15) is 12.4 Å². The molecule has 2 aromatic carbocycles. The number of carbonyl (C=O) groups excluding carboxylic acids is 1. The van der Waals surface area contributed by atoms with Gasteiger partial charge in [-0.05, 0) is 62.8 Å². The molecule has 2 aliphatic carbocycles. The van der Waals surface area contributed by atoms with Gasteiger partial charge in [0.15, 0.2) is 5.82 Å². The van der Waals surface area contributed by atoms with E-state index in [1.54, 1.807) is 29.1 Å². The van der Waals surface area contributed by atoms with E-state index in [0.717, 1.165) is 49.0 Å². The standard InChI is InChI=1S/C27H29ClN4O3/c1-18-7-8-19(25(33)30-20-9-10-20)17-22(18)32-15-14-29-24(26(32)34)31-27(11-4-12-27)21-5-2-3-6-23(21)35-16-13-28/h2-3,5-8,14-15,17,20H,4,9-13,16H2,1H3,(H,29,31)(H,30,33). The van der Waals surface area contributed by atoms with Gasteiger partial charge < -0.3 is 15.4 Å². The summed E-state index contributed by atoms with van der Waals surface area (Å²) in [4.78, 5) is 30.6. The molecule has 0 saturated heterocycles. The zero-order valence-corrected chi connectivity index (χ0v) is 20.5. The summed E-state index contributed by atoms with van der Waals surface area (Å²) < 4.78 is 7.46. The highest BCUT2D eigenvalue weighted by Gasteiger charge is 2.41. The number of aryl methyl sites for hydroxylation is 1. The summed E-state index contributed by atoms with van der Waals surface area (Å²) in [5.74, 6) is 1.32. The molecular weight excluding hydrogens is 464 g/mol. The van der Waals surface area contributed by atoms with Crippen molar-refractivity contribution in [2.45, 2.75) is 50.6 Å². The van der Waals surface area contributed by atoms with Crippen molar-refractivity contribution in [2.24, 2.45) is 0 Å². The Labute approximate surface area is 209 Å². The number of amides is 1. The fourth-order valence-corrected chi connectivity index (χ4v) is 4.63. The third-order valence-electron chi connectivity index (χ3n) is 6.79. The van der Waals surface area contributed by atoms with E-state index in [9.17, 15) is 9.59 Å². The first-order valence-corrected chi connectivity index (χ1v) is 12.6. The second-order valence-corrected chi connectivity index (χ2v) is 9.67. The van der Waals surface area contributed by atoms with Gasteiger partial charge >= 0.3 is 0 Å². The average molecular weight is 493 g/mol. The van der Waals surface area contributed by atoms with Gasteiger partial charge in [-0.15, -0.1) is 11.6 Å². The largest absolute Gasteiger partial charge is 0.492 e. The van der Waals surface area contributed by atoms with Gasteiger partial charge in [0, 0.05) is 29.6 Å². The van der Waals surface area contributed by atoms with Crippen molar-refractivity contribution >= 4 is 23.3 Å². The number of ether oxygens (including phenoxy) is 1. The Morgan fingerprint density at radius 3 is 2.74 bits per heavy atom. The number of nitrogens with one attached hydrogen (secondary N) is 2.